The van der Waals surface area contributed by atoms with Crippen LogP contribution in [0.15, 0.2) is 16.5 Å². The molecule has 15 heavy (non-hydrogen) atoms. The summed E-state index contributed by atoms with van der Waals surface area (Å²) in [6.07, 6.45) is 0.894. The molecule has 0 fully saturated rings. The summed E-state index contributed by atoms with van der Waals surface area (Å²) in [6.45, 7) is 4.44. The van der Waals surface area contributed by atoms with E-state index in [0.29, 0.717) is 6.54 Å². The largest absolute Gasteiger partial charge is 0.465 e. The normalized spacial score (nSPS) is 12.5. The smallest absolute Gasteiger partial charge is 0.236 e. The quantitative estimate of drug-likeness (QED) is 0.764. The van der Waals surface area contributed by atoms with Gasteiger partial charge in [0.2, 0.25) is 5.91 Å². The summed E-state index contributed by atoms with van der Waals surface area (Å²) in [5, 5.41) is 5.67. The minimum atomic E-state index is -0.204. The summed E-state index contributed by atoms with van der Waals surface area (Å²) in [5.74, 6) is 1.82. The number of carbonyl (C=O) groups is 1. The van der Waals surface area contributed by atoms with Gasteiger partial charge < -0.3 is 9.73 Å². The average molecular weight is 210 g/mol. The molecule has 0 aliphatic heterocycles. The molecule has 0 radical (unpaired) electrons. The van der Waals surface area contributed by atoms with E-state index < -0.39 is 0 Å². The Bertz CT molecular complexity index is 320. The Morgan fingerprint density at radius 1 is 1.47 bits per heavy atom. The zero-order chi connectivity index (χ0) is 11.3. The molecule has 0 saturated heterocycles. The van der Waals surface area contributed by atoms with Gasteiger partial charge in [-0.25, -0.2) is 0 Å². The van der Waals surface area contributed by atoms with Gasteiger partial charge in [-0.15, -0.1) is 0 Å². The Kier molecular flexibility index (Phi) is 4.37. The fourth-order valence-corrected chi connectivity index (χ4v) is 1.27. The molecule has 1 rings (SSSR count). The van der Waals surface area contributed by atoms with E-state index in [0.717, 1.165) is 17.9 Å². The number of amides is 1. The Morgan fingerprint density at radius 3 is 2.67 bits per heavy atom. The SMILES string of the molecule is CCc1ccc(CNC(C)C(=O)NC)o1. The van der Waals surface area contributed by atoms with E-state index in [1.54, 1.807) is 7.05 Å². The monoisotopic (exact) mass is 210 g/mol. The highest BCUT2D eigenvalue weighted by Crippen LogP contribution is 2.07. The zero-order valence-corrected chi connectivity index (χ0v) is 9.46. The molecular weight excluding hydrogens is 192 g/mol. The Morgan fingerprint density at radius 2 is 2.13 bits per heavy atom. The minimum Gasteiger partial charge on any atom is -0.465 e. The molecule has 1 aromatic heterocycles. The molecular formula is C11H18N2O2. The average Bonchev–Trinajstić information content (AvgIpc) is 2.72. The van der Waals surface area contributed by atoms with Crippen molar-refractivity contribution >= 4 is 5.91 Å². The van der Waals surface area contributed by atoms with Crippen LogP contribution in [0.1, 0.15) is 25.4 Å². The van der Waals surface area contributed by atoms with E-state index in [1.807, 2.05) is 26.0 Å². The third-order valence-corrected chi connectivity index (χ3v) is 2.29. The predicted octanol–water partition coefficient (Wildman–Crippen LogP) is 1.07. The summed E-state index contributed by atoms with van der Waals surface area (Å²) in [5.41, 5.74) is 0. The van der Waals surface area contributed by atoms with Crippen molar-refractivity contribution in [2.75, 3.05) is 7.05 Å². The topological polar surface area (TPSA) is 54.3 Å². The van der Waals surface area contributed by atoms with E-state index in [-0.39, 0.29) is 11.9 Å². The van der Waals surface area contributed by atoms with E-state index in [9.17, 15) is 4.79 Å². The lowest BCUT2D eigenvalue weighted by molar-refractivity contribution is -0.122. The van der Waals surface area contributed by atoms with E-state index >= 15 is 0 Å². The molecule has 1 amide bonds. The first kappa shape index (κ1) is 11.8. The van der Waals surface area contributed by atoms with E-state index in [2.05, 4.69) is 10.6 Å². The van der Waals surface area contributed by atoms with Crippen molar-refractivity contribution in [3.8, 4) is 0 Å². The van der Waals surface area contributed by atoms with Crippen LogP contribution in [0.5, 0.6) is 0 Å². The predicted molar refractivity (Wildman–Crippen MR) is 58.5 cm³/mol. The highest BCUT2D eigenvalue weighted by atomic mass is 16.3. The van der Waals surface area contributed by atoms with Crippen LogP contribution in [0.25, 0.3) is 0 Å². The maximum Gasteiger partial charge on any atom is 0.236 e. The van der Waals surface area contributed by atoms with Crippen molar-refractivity contribution in [1.29, 1.82) is 0 Å². The summed E-state index contributed by atoms with van der Waals surface area (Å²) < 4.78 is 5.50. The summed E-state index contributed by atoms with van der Waals surface area (Å²) in [7, 11) is 1.63. The summed E-state index contributed by atoms with van der Waals surface area (Å²) >= 11 is 0. The molecule has 1 aromatic rings. The molecule has 4 heteroatoms. The van der Waals surface area contributed by atoms with Crippen LogP contribution < -0.4 is 10.6 Å². The van der Waals surface area contributed by atoms with Crippen LogP contribution in [-0.4, -0.2) is 19.0 Å². The van der Waals surface area contributed by atoms with Gasteiger partial charge in [0, 0.05) is 13.5 Å². The lowest BCUT2D eigenvalue weighted by atomic mass is 10.3. The minimum absolute atomic E-state index is 0.0164. The summed E-state index contributed by atoms with van der Waals surface area (Å²) in [6, 6.07) is 3.69. The van der Waals surface area contributed by atoms with Gasteiger partial charge in [-0.3, -0.25) is 10.1 Å². The molecule has 1 heterocycles. The van der Waals surface area contributed by atoms with Crippen molar-refractivity contribution < 1.29 is 9.21 Å². The maximum atomic E-state index is 11.2. The fraction of sp³-hybridized carbons (Fsp3) is 0.545. The van der Waals surface area contributed by atoms with Gasteiger partial charge in [-0.05, 0) is 19.1 Å². The van der Waals surface area contributed by atoms with Crippen molar-refractivity contribution in [1.82, 2.24) is 10.6 Å². The lowest BCUT2D eigenvalue weighted by Crippen LogP contribution is -2.40. The van der Waals surface area contributed by atoms with Crippen LogP contribution in [0.4, 0.5) is 0 Å². The van der Waals surface area contributed by atoms with E-state index in [4.69, 9.17) is 4.42 Å². The molecule has 1 atom stereocenters. The van der Waals surface area contributed by atoms with Gasteiger partial charge >= 0.3 is 0 Å². The number of carbonyl (C=O) groups excluding carboxylic acids is 1. The van der Waals surface area contributed by atoms with Crippen molar-refractivity contribution in [3.63, 3.8) is 0 Å². The number of hydrogen-bond acceptors (Lipinski definition) is 3. The van der Waals surface area contributed by atoms with Crippen LogP contribution in [0.3, 0.4) is 0 Å². The van der Waals surface area contributed by atoms with Gasteiger partial charge in [-0.2, -0.15) is 0 Å². The number of rotatable bonds is 5. The Labute approximate surface area is 90.0 Å². The first-order valence-electron chi connectivity index (χ1n) is 5.20. The molecule has 84 valence electrons. The maximum absolute atomic E-state index is 11.2. The molecule has 0 bridgehead atoms. The van der Waals surface area contributed by atoms with Crippen LogP contribution >= 0.6 is 0 Å². The first-order valence-corrected chi connectivity index (χ1v) is 5.20. The molecule has 1 unspecified atom stereocenters. The zero-order valence-electron chi connectivity index (χ0n) is 9.46. The molecule has 2 N–H and O–H groups in total. The summed E-state index contributed by atoms with van der Waals surface area (Å²) in [4.78, 5) is 11.2. The number of furan rings is 1. The van der Waals surface area contributed by atoms with E-state index in [1.165, 1.54) is 0 Å². The van der Waals surface area contributed by atoms with Gasteiger partial charge in [0.25, 0.3) is 0 Å². The lowest BCUT2D eigenvalue weighted by Gasteiger charge is -2.10. The molecule has 0 aliphatic rings. The second-order valence-corrected chi connectivity index (χ2v) is 3.44. The highest BCUT2D eigenvalue weighted by molar-refractivity contribution is 5.80. The van der Waals surface area contributed by atoms with Crippen LogP contribution in [-0.2, 0) is 17.8 Å². The molecule has 4 nitrogen and oxygen atoms in total. The first-order chi connectivity index (χ1) is 7.17. The molecule has 0 aliphatic carbocycles. The van der Waals surface area contributed by atoms with Crippen molar-refractivity contribution in [3.05, 3.63) is 23.7 Å². The second-order valence-electron chi connectivity index (χ2n) is 3.44. The standard InChI is InChI=1S/C11H18N2O2/c1-4-9-5-6-10(15-9)7-13-8(2)11(14)12-3/h5-6,8,13H,4,7H2,1-3H3,(H,12,14). The molecule has 0 aromatic carbocycles. The van der Waals surface area contributed by atoms with Gasteiger partial charge in [0.1, 0.15) is 11.5 Å². The Balaban J connectivity index is 2.39. The third-order valence-electron chi connectivity index (χ3n) is 2.29. The fourth-order valence-electron chi connectivity index (χ4n) is 1.27. The van der Waals surface area contributed by atoms with Crippen LogP contribution in [0, 0.1) is 0 Å². The third kappa shape index (κ3) is 3.40. The Hall–Kier alpha value is -1.29. The highest BCUT2D eigenvalue weighted by Gasteiger charge is 2.10. The molecule has 0 saturated carbocycles. The van der Waals surface area contributed by atoms with Crippen LogP contribution in [0.2, 0.25) is 0 Å². The number of aryl methyl sites for hydroxylation is 1. The second kappa shape index (κ2) is 5.56. The van der Waals surface area contributed by atoms with Gasteiger partial charge in [0.05, 0.1) is 12.6 Å². The van der Waals surface area contributed by atoms with Crippen molar-refractivity contribution in [2.45, 2.75) is 32.9 Å². The number of likely N-dealkylation sites (N-methyl/N-ethyl adjacent to an activating group) is 1. The van der Waals surface area contributed by atoms with Gasteiger partial charge in [0.15, 0.2) is 0 Å². The molecule has 0 spiro atoms. The number of nitrogens with one attached hydrogen (secondary N) is 2. The van der Waals surface area contributed by atoms with Crippen molar-refractivity contribution in [2.24, 2.45) is 0 Å². The van der Waals surface area contributed by atoms with Gasteiger partial charge in [-0.1, -0.05) is 6.92 Å². The number of hydrogen-bond donors (Lipinski definition) is 2.